The van der Waals surface area contributed by atoms with E-state index in [0.29, 0.717) is 22.1 Å². The molecular weight excluding hydrogens is 370 g/mol. The van der Waals surface area contributed by atoms with Crippen LogP contribution in [-0.2, 0) is 5.88 Å². The fourth-order valence-corrected chi connectivity index (χ4v) is 3.78. The Morgan fingerprint density at radius 3 is 2.96 bits per heavy atom. The first kappa shape index (κ1) is 16.6. The molecule has 0 unspecified atom stereocenters. The van der Waals surface area contributed by atoms with Crippen LogP contribution in [-0.4, -0.2) is 20.5 Å². The number of thiazole rings is 1. The van der Waals surface area contributed by atoms with Gasteiger partial charge in [0.2, 0.25) is 0 Å². The lowest BCUT2D eigenvalue weighted by Gasteiger charge is -2.03. The second-order valence-corrected chi connectivity index (χ2v) is 6.94. The summed E-state index contributed by atoms with van der Waals surface area (Å²) < 4.78 is 1.76. The van der Waals surface area contributed by atoms with Crippen LogP contribution in [0.25, 0.3) is 16.8 Å². The number of fused-ring (bicyclic) bond motifs is 1. The molecule has 1 aromatic carbocycles. The van der Waals surface area contributed by atoms with Crippen molar-refractivity contribution in [1.29, 1.82) is 0 Å². The Morgan fingerprint density at radius 1 is 1.27 bits per heavy atom. The molecule has 8 heteroatoms. The number of carbonyl (C=O) groups excluding carboxylic acids is 1. The lowest BCUT2D eigenvalue weighted by atomic mass is 10.2. The Bertz CT molecular complexity index is 1100. The van der Waals surface area contributed by atoms with Crippen LogP contribution in [0.1, 0.15) is 14.7 Å². The van der Waals surface area contributed by atoms with E-state index in [1.54, 1.807) is 35.0 Å². The van der Waals surface area contributed by atoms with Gasteiger partial charge in [0.05, 0.1) is 23.3 Å². The lowest BCUT2D eigenvalue weighted by molar-refractivity contribution is 0.102. The van der Waals surface area contributed by atoms with E-state index in [2.05, 4.69) is 15.4 Å². The maximum Gasteiger partial charge on any atom is 0.284 e. The highest BCUT2D eigenvalue weighted by Crippen LogP contribution is 2.32. The van der Waals surface area contributed by atoms with E-state index in [9.17, 15) is 4.79 Å². The fourth-order valence-electron chi connectivity index (χ4n) is 2.67. The molecule has 6 nitrogen and oxygen atoms in total. The van der Waals surface area contributed by atoms with Crippen molar-refractivity contribution in [3.05, 3.63) is 64.7 Å². The van der Waals surface area contributed by atoms with E-state index in [1.807, 2.05) is 24.4 Å². The zero-order chi connectivity index (χ0) is 18.1. The van der Waals surface area contributed by atoms with Crippen molar-refractivity contribution in [3.63, 3.8) is 0 Å². The number of pyridine rings is 1. The first-order chi connectivity index (χ1) is 12.7. The molecular formula is C18H14ClN5OS. The second-order valence-electron chi connectivity index (χ2n) is 5.59. The summed E-state index contributed by atoms with van der Waals surface area (Å²) in [5.74, 6) is -0.0300. The van der Waals surface area contributed by atoms with Crippen molar-refractivity contribution >= 4 is 45.7 Å². The molecule has 1 amide bonds. The van der Waals surface area contributed by atoms with E-state index in [0.717, 1.165) is 16.0 Å². The molecule has 0 fully saturated rings. The van der Waals surface area contributed by atoms with E-state index in [-0.39, 0.29) is 11.8 Å². The summed E-state index contributed by atoms with van der Waals surface area (Å²) in [7, 11) is 0. The van der Waals surface area contributed by atoms with Crippen molar-refractivity contribution in [2.24, 2.45) is 0 Å². The van der Waals surface area contributed by atoms with Gasteiger partial charge in [-0.2, -0.15) is 5.10 Å². The van der Waals surface area contributed by atoms with E-state index in [4.69, 9.17) is 17.3 Å². The Morgan fingerprint density at radius 2 is 2.15 bits per heavy atom. The number of anilines is 2. The van der Waals surface area contributed by atoms with Crippen LogP contribution >= 0.6 is 22.9 Å². The van der Waals surface area contributed by atoms with Crippen molar-refractivity contribution in [1.82, 2.24) is 14.6 Å². The molecule has 3 N–H and O–H groups in total. The van der Waals surface area contributed by atoms with Crippen LogP contribution in [0, 0.1) is 0 Å². The molecule has 0 saturated carbocycles. The Labute approximate surface area is 158 Å². The standard InChI is InChI=1S/C18H14ClN5OS/c19-9-15-16(13-10-21-24-7-2-1-6-14(13)24)23-18(26-15)17(25)22-12-5-3-4-11(20)8-12/h1-8,10H,9,20H2,(H,22,25). The third kappa shape index (κ3) is 3.02. The first-order valence-electron chi connectivity index (χ1n) is 7.81. The van der Waals surface area contributed by atoms with Gasteiger partial charge in [-0.25, -0.2) is 9.50 Å². The molecule has 26 heavy (non-hydrogen) atoms. The molecule has 0 bridgehead atoms. The summed E-state index contributed by atoms with van der Waals surface area (Å²) in [5.41, 5.74) is 9.39. The molecule has 4 aromatic rings. The average molecular weight is 384 g/mol. The Balaban J connectivity index is 1.70. The number of hydrogen-bond acceptors (Lipinski definition) is 5. The highest BCUT2D eigenvalue weighted by molar-refractivity contribution is 7.14. The number of carbonyl (C=O) groups is 1. The third-order valence-corrected chi connectivity index (χ3v) is 5.32. The predicted molar refractivity (Wildman–Crippen MR) is 105 cm³/mol. The summed E-state index contributed by atoms with van der Waals surface area (Å²) in [5, 5.41) is 7.48. The van der Waals surface area contributed by atoms with Crippen molar-refractivity contribution in [3.8, 4) is 11.3 Å². The van der Waals surface area contributed by atoms with Crippen LogP contribution in [0.4, 0.5) is 11.4 Å². The second kappa shape index (κ2) is 6.78. The molecule has 0 spiro atoms. The van der Waals surface area contributed by atoms with Crippen molar-refractivity contribution < 1.29 is 4.79 Å². The van der Waals surface area contributed by atoms with Gasteiger partial charge in [0.25, 0.3) is 5.91 Å². The lowest BCUT2D eigenvalue weighted by Crippen LogP contribution is -2.11. The quantitative estimate of drug-likeness (QED) is 0.411. The van der Waals surface area contributed by atoms with Gasteiger partial charge < -0.3 is 11.1 Å². The number of hydrogen-bond donors (Lipinski definition) is 2. The molecule has 0 radical (unpaired) electrons. The van der Waals surface area contributed by atoms with Crippen LogP contribution in [0.2, 0.25) is 0 Å². The number of nitrogens with one attached hydrogen (secondary N) is 1. The zero-order valence-electron chi connectivity index (χ0n) is 13.5. The SMILES string of the molecule is Nc1cccc(NC(=O)c2nc(-c3cnn4ccccc34)c(CCl)s2)c1. The number of alkyl halides is 1. The van der Waals surface area contributed by atoms with Crippen LogP contribution in [0.3, 0.4) is 0 Å². The number of halogens is 1. The smallest absolute Gasteiger partial charge is 0.284 e. The number of nitrogen functional groups attached to an aromatic ring is 1. The minimum atomic E-state index is -0.297. The Kier molecular flexibility index (Phi) is 4.32. The summed E-state index contributed by atoms with van der Waals surface area (Å²) in [6.07, 6.45) is 3.60. The molecule has 0 aliphatic rings. The summed E-state index contributed by atoms with van der Waals surface area (Å²) >= 11 is 7.37. The van der Waals surface area contributed by atoms with Crippen molar-refractivity contribution in [2.75, 3.05) is 11.1 Å². The largest absolute Gasteiger partial charge is 0.399 e. The monoisotopic (exact) mass is 383 g/mol. The highest BCUT2D eigenvalue weighted by atomic mass is 35.5. The van der Waals surface area contributed by atoms with Crippen LogP contribution in [0.5, 0.6) is 0 Å². The first-order valence-corrected chi connectivity index (χ1v) is 9.16. The van der Waals surface area contributed by atoms with Crippen LogP contribution < -0.4 is 11.1 Å². The molecule has 3 heterocycles. The normalized spacial score (nSPS) is 11.0. The van der Waals surface area contributed by atoms with Gasteiger partial charge >= 0.3 is 0 Å². The van der Waals surface area contributed by atoms with E-state index in [1.165, 1.54) is 11.3 Å². The van der Waals surface area contributed by atoms with Gasteiger partial charge in [0, 0.05) is 28.0 Å². The van der Waals surface area contributed by atoms with Gasteiger partial charge in [-0.05, 0) is 30.3 Å². The average Bonchev–Trinajstić information content (AvgIpc) is 3.25. The number of amides is 1. The molecule has 3 aromatic heterocycles. The van der Waals surface area contributed by atoms with Gasteiger partial charge in [-0.15, -0.1) is 22.9 Å². The van der Waals surface area contributed by atoms with Crippen molar-refractivity contribution in [2.45, 2.75) is 5.88 Å². The number of nitrogens with two attached hydrogens (primary N) is 1. The zero-order valence-corrected chi connectivity index (χ0v) is 15.1. The molecule has 0 aliphatic carbocycles. The number of nitrogens with zero attached hydrogens (tertiary/aromatic N) is 3. The van der Waals surface area contributed by atoms with E-state index >= 15 is 0 Å². The molecule has 130 valence electrons. The van der Waals surface area contributed by atoms with Gasteiger partial charge in [0.1, 0.15) is 0 Å². The Hall–Kier alpha value is -2.90. The summed E-state index contributed by atoms with van der Waals surface area (Å²) in [6, 6.07) is 12.8. The molecule has 4 rings (SSSR count). The minimum absolute atomic E-state index is 0.267. The van der Waals surface area contributed by atoms with Crippen LogP contribution in [0.15, 0.2) is 54.9 Å². The maximum atomic E-state index is 12.6. The summed E-state index contributed by atoms with van der Waals surface area (Å²) in [6.45, 7) is 0. The number of benzene rings is 1. The molecule has 0 atom stereocenters. The van der Waals surface area contributed by atoms with Gasteiger partial charge in [-0.3, -0.25) is 4.79 Å². The topological polar surface area (TPSA) is 85.3 Å². The summed E-state index contributed by atoms with van der Waals surface area (Å²) in [4.78, 5) is 17.9. The maximum absolute atomic E-state index is 12.6. The predicted octanol–water partition coefficient (Wildman–Crippen LogP) is 4.03. The number of aromatic nitrogens is 3. The fraction of sp³-hybridized carbons (Fsp3) is 0.0556. The molecule has 0 saturated heterocycles. The number of rotatable bonds is 4. The van der Waals surface area contributed by atoms with E-state index < -0.39 is 0 Å². The molecule has 0 aliphatic heterocycles. The van der Waals surface area contributed by atoms with Gasteiger partial charge in [0.15, 0.2) is 5.01 Å². The minimum Gasteiger partial charge on any atom is -0.399 e. The highest BCUT2D eigenvalue weighted by Gasteiger charge is 2.20. The van der Waals surface area contributed by atoms with Gasteiger partial charge in [-0.1, -0.05) is 12.1 Å². The third-order valence-electron chi connectivity index (χ3n) is 3.84.